The molecule has 0 saturated heterocycles. The van der Waals surface area contributed by atoms with Crippen LogP contribution in [0.15, 0.2) is 528 Å². The zero-order valence-corrected chi connectivity index (χ0v) is 78.2. The van der Waals surface area contributed by atoms with E-state index in [1.54, 1.807) is 0 Å². The van der Waals surface area contributed by atoms with E-state index in [-0.39, 0.29) is 12.8 Å². The minimum absolute atomic E-state index is 0. The topological polar surface area (TPSA) is 0 Å². The highest BCUT2D eigenvalue weighted by Crippen LogP contribution is 2.54. The van der Waals surface area contributed by atoms with Gasteiger partial charge in [0.2, 0.25) is 0 Å². The summed E-state index contributed by atoms with van der Waals surface area (Å²) in [5.74, 6) is 0. The van der Waals surface area contributed by atoms with Gasteiger partial charge in [0, 0.05) is 0 Å². The first-order valence-corrected chi connectivity index (χ1v) is 48.3. The van der Waals surface area contributed by atoms with Crippen LogP contribution in [0.2, 0.25) is 0 Å². The van der Waals surface area contributed by atoms with Gasteiger partial charge in [-0.15, -0.1) is 0 Å². The summed E-state index contributed by atoms with van der Waals surface area (Å²) in [4.78, 5) is 0. The maximum Gasteiger partial charge on any atom is 0.0701 e. The van der Waals surface area contributed by atoms with Gasteiger partial charge in [0.15, 0.2) is 0 Å². The molecule has 25 rings (SSSR count). The van der Waals surface area contributed by atoms with Gasteiger partial charge in [-0.05, 0) is 267 Å². The molecule has 0 atom stereocenters. The Balaban J connectivity index is 0.000000127. The Hall–Kier alpha value is -16.9. The molecule has 0 aromatic heterocycles. The molecule has 0 nitrogen and oxygen atoms in total. The van der Waals surface area contributed by atoms with Gasteiger partial charge < -0.3 is 0 Å². The second kappa shape index (κ2) is 37.1. The standard InChI is InChI=1S/C64H46.C38H30.C36H26.CH4/c1-7-23-49(24-8-1)63(50-25-9-2-10-26-50,51-27-11-3-12-28-51)55-43-39-47(40-44-55)61-57-35-19-21-37-59(57)62(60-38-22-20-36-58(60)61)48-41-45-56(46-42-48)64(52-29-13-4-14-30-52,53-31-15-5-16-32-53)54-33-17-6-18-34-54;1-38(2,3)27-22-20-25(21-23-27)36-31-16-8-10-18-33(31)37(34-19-11-9-17-32(34)36)35-24-26-12-4-5-13-28(26)29-14-6-7-15-30(29)35;1-23-19-20-26(21-24(23)2)35-30-15-7-9-17-32(30)36(33-18-10-8-16-31(33)35)34-22-25-11-3-4-12-27(25)28-13-5-6-14-29(28)34;/h1-46H;4-24H,1-3H3;3-22H,1-2H3;1H4. The monoisotopic (exact) mass is 1770 g/mol. The summed E-state index contributed by atoms with van der Waals surface area (Å²) in [6, 6.07) is 194. The SMILES string of the molecule is C.CC(C)(C)c1ccc(-c2c3ccccc3c(-c3cc4ccccc4c4ccccc34)c3ccccc23)cc1.Cc1ccc(-c2c3ccccc3c(-c3cc4ccccc4c4ccccc34)c3ccccc23)cc1C.c1ccc(C(c2ccccc2)(c2ccccc2)c2ccc(-c3c4ccccc4c(-c4ccc(C(c5ccccc5)(c5ccccc5)c5ccccc5)cc4)c4ccccc34)cc2)cc1. The van der Waals surface area contributed by atoms with Crippen molar-refractivity contribution < 1.29 is 0 Å². The van der Waals surface area contributed by atoms with Gasteiger partial charge in [0.05, 0.1) is 10.8 Å². The highest BCUT2D eigenvalue weighted by molar-refractivity contribution is 6.28. The van der Waals surface area contributed by atoms with Crippen LogP contribution in [0.1, 0.15) is 89.4 Å². The van der Waals surface area contributed by atoms with E-state index >= 15 is 0 Å². The third-order valence-corrected chi connectivity index (χ3v) is 29.2. The highest BCUT2D eigenvalue weighted by Gasteiger charge is 2.40. The van der Waals surface area contributed by atoms with Crippen molar-refractivity contribution in [2.24, 2.45) is 0 Å². The normalized spacial score (nSPS) is 11.7. The van der Waals surface area contributed by atoms with Gasteiger partial charge in [0.1, 0.15) is 0 Å². The number of benzene rings is 25. The van der Waals surface area contributed by atoms with Crippen molar-refractivity contribution in [2.45, 2.75) is 58.3 Å². The van der Waals surface area contributed by atoms with Gasteiger partial charge in [-0.1, -0.05) is 544 Å². The second-order valence-electron chi connectivity index (χ2n) is 37.9. The fraction of sp³-hybridized carbons (Fsp3) is 0.0647. The molecule has 25 aromatic carbocycles. The summed E-state index contributed by atoms with van der Waals surface area (Å²) in [6.45, 7) is 11.2. The predicted octanol–water partition coefficient (Wildman–Crippen LogP) is 37.9. The fourth-order valence-electron chi connectivity index (χ4n) is 22.7. The molecule has 0 heteroatoms. The average molecular weight is 1780 g/mol. The van der Waals surface area contributed by atoms with Gasteiger partial charge in [-0.3, -0.25) is 0 Å². The van der Waals surface area contributed by atoms with E-state index in [1.165, 1.54) is 236 Å². The Morgan fingerprint density at radius 1 is 0.137 bits per heavy atom. The molecule has 0 radical (unpaired) electrons. The smallest absolute Gasteiger partial charge is 0.0701 e. The third-order valence-electron chi connectivity index (χ3n) is 29.2. The lowest BCUT2D eigenvalue weighted by atomic mass is 9.65. The van der Waals surface area contributed by atoms with E-state index in [4.69, 9.17) is 0 Å². The first-order valence-electron chi connectivity index (χ1n) is 48.3. The summed E-state index contributed by atoms with van der Waals surface area (Å²) >= 11 is 0. The zero-order chi connectivity index (χ0) is 92.8. The molecule has 662 valence electrons. The van der Waals surface area contributed by atoms with E-state index in [0.29, 0.717) is 0 Å². The summed E-state index contributed by atoms with van der Waals surface area (Å²) < 4.78 is 0. The van der Waals surface area contributed by atoms with Crippen LogP contribution in [-0.2, 0) is 16.2 Å². The van der Waals surface area contributed by atoms with Gasteiger partial charge in [-0.2, -0.15) is 0 Å². The highest BCUT2D eigenvalue weighted by atomic mass is 14.4. The molecule has 139 heavy (non-hydrogen) atoms. The molecule has 25 aromatic rings. The lowest BCUT2D eigenvalue weighted by Gasteiger charge is -2.37. The quantitative estimate of drug-likeness (QED) is 0.0578. The molecule has 0 saturated carbocycles. The molecule has 0 aliphatic rings. The summed E-state index contributed by atoms with van der Waals surface area (Å²) in [5, 5.41) is 25.7. The molecule has 0 N–H and O–H groups in total. The molecule has 0 aliphatic heterocycles. The maximum absolute atomic E-state index is 2.39. The number of hydrogen-bond acceptors (Lipinski definition) is 0. The van der Waals surface area contributed by atoms with Crippen LogP contribution in [0.25, 0.3) is 174 Å². The minimum atomic E-state index is -0.512. The van der Waals surface area contributed by atoms with Crippen LogP contribution in [0.4, 0.5) is 0 Å². The molecule has 0 spiro atoms. The minimum Gasteiger partial charge on any atom is -0.0776 e. The van der Waals surface area contributed by atoms with Crippen molar-refractivity contribution >= 4 is 108 Å². The average Bonchev–Trinajstić information content (AvgIpc) is 0.738. The van der Waals surface area contributed by atoms with E-state index in [1.807, 2.05) is 0 Å². The first kappa shape index (κ1) is 87.4. The Bertz CT molecular complexity index is 8270. The lowest BCUT2D eigenvalue weighted by Crippen LogP contribution is -2.30. The fourth-order valence-corrected chi connectivity index (χ4v) is 22.7. The zero-order valence-electron chi connectivity index (χ0n) is 78.2. The Morgan fingerprint density at radius 3 is 0.568 bits per heavy atom. The van der Waals surface area contributed by atoms with E-state index < -0.39 is 10.8 Å². The molecule has 0 unspecified atom stereocenters. The number of aryl methyl sites for hydroxylation is 2. The molecule has 0 amide bonds. The second-order valence-corrected chi connectivity index (χ2v) is 37.9. The molecule has 0 heterocycles. The number of hydrogen-bond donors (Lipinski definition) is 0. The van der Waals surface area contributed by atoms with Gasteiger partial charge >= 0.3 is 0 Å². The lowest BCUT2D eigenvalue weighted by molar-refractivity contribution is 0.590. The van der Waals surface area contributed by atoms with Crippen LogP contribution >= 0.6 is 0 Å². The van der Waals surface area contributed by atoms with E-state index in [0.717, 1.165) is 0 Å². The van der Waals surface area contributed by atoms with Crippen LogP contribution in [0.3, 0.4) is 0 Å². The Labute approximate surface area is 815 Å². The summed E-state index contributed by atoms with van der Waals surface area (Å²) in [7, 11) is 0. The van der Waals surface area contributed by atoms with Crippen molar-refractivity contribution in [3.05, 3.63) is 589 Å². The van der Waals surface area contributed by atoms with Crippen molar-refractivity contribution in [1.29, 1.82) is 0 Å². The van der Waals surface area contributed by atoms with Crippen molar-refractivity contribution in [2.75, 3.05) is 0 Å². The van der Waals surface area contributed by atoms with Gasteiger partial charge in [-0.25, -0.2) is 0 Å². The Kier molecular flexibility index (Phi) is 23.3. The Morgan fingerprint density at radius 2 is 0.324 bits per heavy atom. The molecular formula is C139H106. The molecular weight excluding hydrogens is 1670 g/mol. The largest absolute Gasteiger partial charge is 0.0776 e. The van der Waals surface area contributed by atoms with Crippen LogP contribution in [-0.4, -0.2) is 0 Å². The molecule has 0 bridgehead atoms. The van der Waals surface area contributed by atoms with Crippen LogP contribution < -0.4 is 0 Å². The van der Waals surface area contributed by atoms with Crippen LogP contribution in [0.5, 0.6) is 0 Å². The maximum atomic E-state index is 2.39. The summed E-state index contributed by atoms with van der Waals surface area (Å²) in [5.41, 5.74) is 28.2. The van der Waals surface area contributed by atoms with Crippen molar-refractivity contribution in [3.8, 4) is 66.8 Å². The third kappa shape index (κ3) is 15.4. The van der Waals surface area contributed by atoms with Crippen molar-refractivity contribution in [1.82, 2.24) is 0 Å². The van der Waals surface area contributed by atoms with Crippen molar-refractivity contribution in [3.63, 3.8) is 0 Å². The number of fused-ring (bicyclic) bond motifs is 12. The molecule has 0 aliphatic carbocycles. The van der Waals surface area contributed by atoms with E-state index in [9.17, 15) is 0 Å². The van der Waals surface area contributed by atoms with E-state index in [2.05, 4.69) is 562 Å². The van der Waals surface area contributed by atoms with Gasteiger partial charge in [0.25, 0.3) is 0 Å². The predicted molar refractivity (Wildman–Crippen MR) is 599 cm³/mol. The first-order chi connectivity index (χ1) is 68.0. The number of rotatable bonds is 14. The van der Waals surface area contributed by atoms with Crippen LogP contribution in [0, 0.1) is 13.8 Å². The molecule has 0 fully saturated rings. The summed E-state index contributed by atoms with van der Waals surface area (Å²) in [6.07, 6.45) is 0.